The summed E-state index contributed by atoms with van der Waals surface area (Å²) in [7, 11) is 4.87. The van der Waals surface area contributed by atoms with Gasteiger partial charge in [0, 0.05) is 14.1 Å². The first-order valence-electron chi connectivity index (χ1n) is 11.3. The van der Waals surface area contributed by atoms with Gasteiger partial charge in [-0.25, -0.2) is 4.79 Å². The van der Waals surface area contributed by atoms with Gasteiger partial charge >= 0.3 is 5.69 Å². The van der Waals surface area contributed by atoms with Crippen molar-refractivity contribution < 1.29 is 9.47 Å². The molecule has 0 amide bonds. The fourth-order valence-electron chi connectivity index (χ4n) is 5.04. The summed E-state index contributed by atoms with van der Waals surface area (Å²) in [5.74, 6) is 0.719. The van der Waals surface area contributed by atoms with Crippen molar-refractivity contribution in [2.24, 2.45) is 14.1 Å². The zero-order chi connectivity index (χ0) is 24.4. The fraction of sp³-hybridized carbons (Fsp3) is 0.333. The van der Waals surface area contributed by atoms with Crippen molar-refractivity contribution in [1.82, 2.24) is 13.7 Å². The lowest BCUT2D eigenvalue weighted by Crippen LogP contribution is -2.40. The molecule has 0 aliphatic carbocycles. The molecule has 7 nitrogen and oxygen atoms in total. The first-order chi connectivity index (χ1) is 16.2. The predicted octanol–water partition coefficient (Wildman–Crippen LogP) is 3.88. The molecule has 4 aromatic rings. The highest BCUT2D eigenvalue weighted by Gasteiger charge is 2.40. The number of fused-ring (bicyclic) bond motifs is 3. The summed E-state index contributed by atoms with van der Waals surface area (Å²) in [5.41, 5.74) is 4.04. The summed E-state index contributed by atoms with van der Waals surface area (Å²) in [4.78, 5) is 26.7. The maximum Gasteiger partial charge on any atom is 0.331 e. The van der Waals surface area contributed by atoms with Gasteiger partial charge < -0.3 is 14.0 Å². The smallest absolute Gasteiger partial charge is 0.331 e. The zero-order valence-electron chi connectivity index (χ0n) is 20.4. The van der Waals surface area contributed by atoms with Crippen molar-refractivity contribution >= 4 is 10.9 Å². The molecule has 0 fully saturated rings. The molecule has 176 valence electrons. The van der Waals surface area contributed by atoms with Crippen molar-refractivity contribution in [3.05, 3.63) is 86.2 Å². The highest BCUT2D eigenvalue weighted by Crippen LogP contribution is 2.45. The third-order valence-electron chi connectivity index (χ3n) is 6.79. The Kier molecular flexibility index (Phi) is 5.06. The van der Waals surface area contributed by atoms with Crippen LogP contribution in [0.4, 0.5) is 0 Å². The number of nitrogens with zero attached hydrogens (tertiary/aromatic N) is 3. The number of methoxy groups -OCH3 is 1. The van der Waals surface area contributed by atoms with Gasteiger partial charge in [-0.15, -0.1) is 0 Å². The van der Waals surface area contributed by atoms with Crippen molar-refractivity contribution in [1.29, 1.82) is 0 Å². The average molecular weight is 460 g/mol. The topological polar surface area (TPSA) is 67.4 Å². The van der Waals surface area contributed by atoms with E-state index in [9.17, 15) is 9.59 Å². The van der Waals surface area contributed by atoms with E-state index >= 15 is 0 Å². The van der Waals surface area contributed by atoms with Crippen LogP contribution in [0.15, 0.2) is 58.1 Å². The molecular formula is C27H29N3O4. The molecular weight excluding hydrogens is 430 g/mol. The number of hydrogen-bond acceptors (Lipinski definition) is 4. The summed E-state index contributed by atoms with van der Waals surface area (Å²) >= 11 is 0. The Bertz CT molecular complexity index is 1540. The Morgan fingerprint density at radius 1 is 1.03 bits per heavy atom. The van der Waals surface area contributed by atoms with Crippen molar-refractivity contribution in [2.75, 3.05) is 13.7 Å². The molecule has 1 aliphatic heterocycles. The van der Waals surface area contributed by atoms with E-state index in [1.54, 1.807) is 18.7 Å². The number of rotatable bonds is 3. The minimum Gasteiger partial charge on any atom is -0.497 e. The van der Waals surface area contributed by atoms with Gasteiger partial charge in [-0.2, -0.15) is 0 Å². The van der Waals surface area contributed by atoms with E-state index in [4.69, 9.17) is 9.47 Å². The summed E-state index contributed by atoms with van der Waals surface area (Å²) in [6.45, 7) is 6.67. The normalized spacial score (nSPS) is 17.1. The van der Waals surface area contributed by atoms with Gasteiger partial charge in [-0.1, -0.05) is 42.0 Å². The fourth-order valence-corrected chi connectivity index (χ4v) is 5.04. The van der Waals surface area contributed by atoms with E-state index in [-0.39, 0.29) is 11.2 Å². The molecule has 0 bridgehead atoms. The first-order valence-corrected chi connectivity index (χ1v) is 11.3. The predicted molar refractivity (Wildman–Crippen MR) is 133 cm³/mol. The summed E-state index contributed by atoms with van der Waals surface area (Å²) in [6.07, 6.45) is -0.470. The second-order valence-corrected chi connectivity index (χ2v) is 9.64. The molecule has 2 aromatic carbocycles. The molecule has 1 atom stereocenters. The van der Waals surface area contributed by atoms with Gasteiger partial charge in [0.15, 0.2) is 0 Å². The van der Waals surface area contributed by atoms with Crippen molar-refractivity contribution in [3.63, 3.8) is 0 Å². The van der Waals surface area contributed by atoms with Crippen LogP contribution in [-0.4, -0.2) is 27.4 Å². The Morgan fingerprint density at radius 3 is 2.41 bits per heavy atom. The Morgan fingerprint density at radius 2 is 1.74 bits per heavy atom. The second kappa shape index (κ2) is 7.74. The summed E-state index contributed by atoms with van der Waals surface area (Å²) in [6, 6.07) is 15.9. The number of aryl methyl sites for hydroxylation is 2. The molecule has 3 heterocycles. The quantitative estimate of drug-likeness (QED) is 0.466. The Hall–Kier alpha value is -3.58. The van der Waals surface area contributed by atoms with Gasteiger partial charge in [0.25, 0.3) is 5.56 Å². The Balaban J connectivity index is 1.99. The maximum atomic E-state index is 13.6. The Labute approximate surface area is 197 Å². The van der Waals surface area contributed by atoms with E-state index in [2.05, 4.69) is 18.4 Å². The zero-order valence-corrected chi connectivity index (χ0v) is 20.4. The minimum absolute atomic E-state index is 0.309. The van der Waals surface area contributed by atoms with E-state index in [0.717, 1.165) is 33.8 Å². The molecule has 2 aromatic heterocycles. The highest BCUT2D eigenvalue weighted by molar-refractivity contribution is 5.96. The molecule has 0 N–H and O–H groups in total. The monoisotopic (exact) mass is 459 g/mol. The third-order valence-corrected chi connectivity index (χ3v) is 6.79. The van der Waals surface area contributed by atoms with Crippen LogP contribution < -0.4 is 16.0 Å². The van der Waals surface area contributed by atoms with Crippen LogP contribution >= 0.6 is 0 Å². The lowest BCUT2D eigenvalue weighted by molar-refractivity contribution is -0.00714. The second-order valence-electron chi connectivity index (χ2n) is 9.64. The van der Waals surface area contributed by atoms with E-state index < -0.39 is 11.6 Å². The third kappa shape index (κ3) is 3.15. The van der Waals surface area contributed by atoms with E-state index in [0.29, 0.717) is 17.5 Å². The highest BCUT2D eigenvalue weighted by atomic mass is 16.5. The van der Waals surface area contributed by atoms with Gasteiger partial charge in [-0.05, 0) is 44.0 Å². The number of hydrogen-bond donors (Lipinski definition) is 0. The lowest BCUT2D eigenvalue weighted by atomic mass is 9.98. The largest absolute Gasteiger partial charge is 0.497 e. The van der Waals surface area contributed by atoms with Gasteiger partial charge in [0.05, 0.1) is 41.5 Å². The molecule has 34 heavy (non-hydrogen) atoms. The molecule has 1 aliphatic rings. The summed E-state index contributed by atoms with van der Waals surface area (Å²) in [5, 5.41) is 0.523. The molecule has 0 saturated carbocycles. The van der Waals surface area contributed by atoms with Gasteiger partial charge in [0.1, 0.15) is 11.9 Å². The standard InChI is InChI=1S/C27H29N3O4/c1-16-10-12-17(13-11-16)21-20-22(28(4)26(32)29(5)25(20)31)23-24(34-15-27(2,3)30(21)23)18-8-7-9-19(14-18)33-6/h7-14,24H,15H2,1-6H3. The minimum atomic E-state index is -0.470. The average Bonchev–Trinajstić information content (AvgIpc) is 3.19. The number of ether oxygens (including phenoxy) is 2. The van der Waals surface area contributed by atoms with Crippen LogP contribution in [-0.2, 0) is 24.4 Å². The molecule has 0 spiro atoms. The van der Waals surface area contributed by atoms with Gasteiger partial charge in [0.2, 0.25) is 0 Å². The van der Waals surface area contributed by atoms with Crippen LogP contribution in [0, 0.1) is 6.92 Å². The number of benzene rings is 2. The molecule has 0 radical (unpaired) electrons. The lowest BCUT2D eigenvalue weighted by Gasteiger charge is -2.39. The van der Waals surface area contributed by atoms with Crippen LogP contribution in [0.5, 0.6) is 5.75 Å². The van der Waals surface area contributed by atoms with E-state index in [1.807, 2.05) is 55.5 Å². The maximum absolute atomic E-state index is 13.6. The molecule has 0 saturated heterocycles. The van der Waals surface area contributed by atoms with Crippen LogP contribution in [0.2, 0.25) is 0 Å². The number of aromatic nitrogens is 3. The van der Waals surface area contributed by atoms with Crippen LogP contribution in [0.25, 0.3) is 22.2 Å². The van der Waals surface area contributed by atoms with Crippen LogP contribution in [0.3, 0.4) is 0 Å². The van der Waals surface area contributed by atoms with Gasteiger partial charge in [-0.3, -0.25) is 13.9 Å². The SMILES string of the molecule is COc1cccc(C2OCC(C)(C)n3c(-c4ccc(C)cc4)c4c(=O)n(C)c(=O)n(C)c4c32)c1. The van der Waals surface area contributed by atoms with Crippen molar-refractivity contribution in [3.8, 4) is 17.0 Å². The van der Waals surface area contributed by atoms with E-state index in [1.165, 1.54) is 11.6 Å². The van der Waals surface area contributed by atoms with Crippen molar-refractivity contribution in [2.45, 2.75) is 32.4 Å². The molecule has 1 unspecified atom stereocenters. The summed E-state index contributed by atoms with van der Waals surface area (Å²) < 4.78 is 16.9. The van der Waals surface area contributed by atoms with Crippen LogP contribution in [0.1, 0.15) is 36.8 Å². The molecule has 7 heteroatoms. The molecule has 5 rings (SSSR count). The first kappa shape index (κ1) is 22.2.